The van der Waals surface area contributed by atoms with Crippen LogP contribution in [0.15, 0.2) is 0 Å². The molecule has 0 radical (unpaired) electrons. The first-order chi connectivity index (χ1) is 6.64. The molecule has 3 heteroatoms. The van der Waals surface area contributed by atoms with Gasteiger partial charge in [-0.15, -0.1) is 0 Å². The van der Waals surface area contributed by atoms with Crippen molar-refractivity contribution in [3.63, 3.8) is 0 Å². The zero-order valence-corrected chi connectivity index (χ0v) is 9.51. The van der Waals surface area contributed by atoms with Gasteiger partial charge >= 0.3 is 0 Å². The first kappa shape index (κ1) is 12.0. The summed E-state index contributed by atoms with van der Waals surface area (Å²) in [4.78, 5) is 0. The number of hydrogen-bond donors (Lipinski definition) is 2. The van der Waals surface area contributed by atoms with E-state index in [1.165, 1.54) is 6.42 Å². The minimum atomic E-state index is -0.0474. The zero-order chi connectivity index (χ0) is 10.4. The normalized spacial score (nSPS) is 26.4. The third-order valence-electron chi connectivity index (χ3n) is 2.81. The van der Waals surface area contributed by atoms with E-state index in [0.717, 1.165) is 39.1 Å². The van der Waals surface area contributed by atoms with E-state index in [-0.39, 0.29) is 5.54 Å². The van der Waals surface area contributed by atoms with E-state index < -0.39 is 0 Å². The van der Waals surface area contributed by atoms with E-state index in [9.17, 15) is 0 Å². The molecule has 84 valence electrons. The number of nitrogens with two attached hydrogens (primary N) is 1. The summed E-state index contributed by atoms with van der Waals surface area (Å²) < 4.78 is 5.32. The van der Waals surface area contributed by atoms with Crippen molar-refractivity contribution in [3.05, 3.63) is 0 Å². The highest BCUT2D eigenvalue weighted by molar-refractivity contribution is 4.81. The van der Waals surface area contributed by atoms with Gasteiger partial charge in [-0.25, -0.2) is 0 Å². The van der Waals surface area contributed by atoms with Crippen LogP contribution in [-0.2, 0) is 4.74 Å². The molecule has 2 atom stereocenters. The third kappa shape index (κ3) is 4.40. The molecule has 2 unspecified atom stereocenters. The maximum absolute atomic E-state index is 6.12. The van der Waals surface area contributed by atoms with Crippen molar-refractivity contribution in [1.82, 2.24) is 5.32 Å². The van der Waals surface area contributed by atoms with Gasteiger partial charge in [0.15, 0.2) is 0 Å². The van der Waals surface area contributed by atoms with Crippen LogP contribution in [-0.4, -0.2) is 31.8 Å². The van der Waals surface area contributed by atoms with Crippen molar-refractivity contribution in [2.24, 2.45) is 11.7 Å². The lowest BCUT2D eigenvalue weighted by Gasteiger charge is -2.25. The molecule has 1 heterocycles. The van der Waals surface area contributed by atoms with E-state index >= 15 is 0 Å². The lowest BCUT2D eigenvalue weighted by Crippen LogP contribution is -2.46. The Balaban J connectivity index is 2.07. The molecule has 0 aromatic carbocycles. The Labute approximate surface area is 87.4 Å². The monoisotopic (exact) mass is 200 g/mol. The topological polar surface area (TPSA) is 47.3 Å². The quantitative estimate of drug-likeness (QED) is 0.675. The van der Waals surface area contributed by atoms with Crippen LogP contribution in [0.2, 0.25) is 0 Å². The average molecular weight is 200 g/mol. The Morgan fingerprint density at radius 1 is 1.57 bits per heavy atom. The minimum absolute atomic E-state index is 0.0474. The molecular weight excluding hydrogens is 176 g/mol. The number of rotatable bonds is 6. The van der Waals surface area contributed by atoms with Crippen LogP contribution in [0.5, 0.6) is 0 Å². The molecule has 14 heavy (non-hydrogen) atoms. The highest BCUT2D eigenvalue weighted by atomic mass is 16.5. The average Bonchev–Trinajstić information content (AvgIpc) is 2.56. The Hall–Kier alpha value is -0.120. The van der Waals surface area contributed by atoms with Gasteiger partial charge in [0.05, 0.1) is 6.61 Å². The Morgan fingerprint density at radius 2 is 2.36 bits per heavy atom. The second-order valence-electron chi connectivity index (χ2n) is 4.76. The first-order valence-corrected chi connectivity index (χ1v) is 5.71. The summed E-state index contributed by atoms with van der Waals surface area (Å²) in [6, 6.07) is 0. The van der Waals surface area contributed by atoms with Crippen molar-refractivity contribution < 1.29 is 4.74 Å². The van der Waals surface area contributed by atoms with E-state index in [0.29, 0.717) is 5.92 Å². The summed E-state index contributed by atoms with van der Waals surface area (Å²) in [5, 5.41) is 3.45. The van der Waals surface area contributed by atoms with Gasteiger partial charge < -0.3 is 15.8 Å². The van der Waals surface area contributed by atoms with E-state index in [2.05, 4.69) is 19.2 Å². The fraction of sp³-hybridized carbons (Fsp3) is 1.00. The predicted molar refractivity (Wildman–Crippen MR) is 59.3 cm³/mol. The summed E-state index contributed by atoms with van der Waals surface area (Å²) in [5.74, 6) is 0.701. The highest BCUT2D eigenvalue weighted by Crippen LogP contribution is 2.11. The van der Waals surface area contributed by atoms with Crippen LogP contribution < -0.4 is 11.1 Å². The van der Waals surface area contributed by atoms with Crippen molar-refractivity contribution in [3.8, 4) is 0 Å². The first-order valence-electron chi connectivity index (χ1n) is 5.71. The fourth-order valence-electron chi connectivity index (χ4n) is 1.97. The van der Waals surface area contributed by atoms with Crippen LogP contribution in [0.1, 0.15) is 33.1 Å². The summed E-state index contributed by atoms with van der Waals surface area (Å²) in [7, 11) is 0. The molecule has 0 aliphatic carbocycles. The van der Waals surface area contributed by atoms with Gasteiger partial charge in [0, 0.05) is 25.2 Å². The number of ether oxygens (including phenoxy) is 1. The van der Waals surface area contributed by atoms with Gasteiger partial charge in [-0.05, 0) is 25.7 Å². The van der Waals surface area contributed by atoms with Gasteiger partial charge in [0.2, 0.25) is 0 Å². The summed E-state index contributed by atoms with van der Waals surface area (Å²) in [6.07, 6.45) is 3.43. The van der Waals surface area contributed by atoms with Crippen LogP contribution in [0, 0.1) is 5.92 Å². The van der Waals surface area contributed by atoms with Crippen molar-refractivity contribution in [2.75, 3.05) is 26.3 Å². The Morgan fingerprint density at radius 3 is 2.93 bits per heavy atom. The minimum Gasteiger partial charge on any atom is -0.381 e. The lowest BCUT2D eigenvalue weighted by atomic mass is 9.97. The molecule has 1 aliphatic rings. The summed E-state index contributed by atoms with van der Waals surface area (Å²) in [5.41, 5.74) is 6.07. The SMILES string of the molecule is CCCC(C)(N)CNCC1CCOC1. The lowest BCUT2D eigenvalue weighted by molar-refractivity contribution is 0.184. The van der Waals surface area contributed by atoms with Crippen molar-refractivity contribution in [2.45, 2.75) is 38.6 Å². The zero-order valence-electron chi connectivity index (χ0n) is 9.51. The van der Waals surface area contributed by atoms with Gasteiger partial charge in [-0.2, -0.15) is 0 Å². The van der Waals surface area contributed by atoms with Crippen LogP contribution in [0.3, 0.4) is 0 Å². The Bertz CT molecular complexity index is 153. The second kappa shape index (κ2) is 5.69. The molecule has 1 fully saturated rings. The van der Waals surface area contributed by atoms with Gasteiger partial charge in [-0.3, -0.25) is 0 Å². The fourth-order valence-corrected chi connectivity index (χ4v) is 1.97. The Kier molecular flexibility index (Phi) is 4.85. The third-order valence-corrected chi connectivity index (χ3v) is 2.81. The number of nitrogens with one attached hydrogen (secondary N) is 1. The van der Waals surface area contributed by atoms with E-state index in [4.69, 9.17) is 10.5 Å². The van der Waals surface area contributed by atoms with Crippen molar-refractivity contribution in [1.29, 1.82) is 0 Å². The highest BCUT2D eigenvalue weighted by Gasteiger charge is 2.19. The van der Waals surface area contributed by atoms with Crippen LogP contribution >= 0.6 is 0 Å². The van der Waals surface area contributed by atoms with Crippen molar-refractivity contribution >= 4 is 0 Å². The standard InChI is InChI=1S/C11H24N2O/c1-3-5-11(2,12)9-13-7-10-4-6-14-8-10/h10,13H,3-9,12H2,1-2H3. The van der Waals surface area contributed by atoms with Crippen LogP contribution in [0.25, 0.3) is 0 Å². The maximum atomic E-state index is 6.12. The maximum Gasteiger partial charge on any atom is 0.0507 e. The molecule has 0 spiro atoms. The molecule has 0 saturated carbocycles. The van der Waals surface area contributed by atoms with Gasteiger partial charge in [0.1, 0.15) is 0 Å². The molecule has 0 aromatic rings. The van der Waals surface area contributed by atoms with Crippen LogP contribution in [0.4, 0.5) is 0 Å². The van der Waals surface area contributed by atoms with Gasteiger partial charge in [-0.1, -0.05) is 13.3 Å². The van der Waals surface area contributed by atoms with E-state index in [1.54, 1.807) is 0 Å². The molecule has 1 saturated heterocycles. The molecule has 1 aliphatic heterocycles. The van der Waals surface area contributed by atoms with E-state index in [1.807, 2.05) is 0 Å². The summed E-state index contributed by atoms with van der Waals surface area (Å²) >= 11 is 0. The molecule has 0 amide bonds. The molecule has 3 N–H and O–H groups in total. The van der Waals surface area contributed by atoms with Gasteiger partial charge in [0.25, 0.3) is 0 Å². The number of hydrogen-bond acceptors (Lipinski definition) is 3. The predicted octanol–water partition coefficient (Wildman–Crippen LogP) is 1.13. The molecular formula is C11H24N2O. The molecule has 0 bridgehead atoms. The molecule has 1 rings (SSSR count). The molecule has 0 aromatic heterocycles. The summed E-state index contributed by atoms with van der Waals surface area (Å²) in [6.45, 7) is 8.11. The largest absolute Gasteiger partial charge is 0.381 e. The second-order valence-corrected chi connectivity index (χ2v) is 4.76. The molecule has 3 nitrogen and oxygen atoms in total. The smallest absolute Gasteiger partial charge is 0.0507 e.